The Morgan fingerprint density at radius 3 is 2.50 bits per heavy atom. The second kappa shape index (κ2) is 10.7. The molecule has 11 heteroatoms. The highest BCUT2D eigenvalue weighted by molar-refractivity contribution is 7.12. The molecule has 0 aliphatic carbocycles. The molecule has 36 heavy (non-hydrogen) atoms. The quantitative estimate of drug-likeness (QED) is 0.138. The number of nitrogens with one attached hydrogen (secondary N) is 2. The highest BCUT2D eigenvalue weighted by Crippen LogP contribution is 2.17. The molecule has 0 atom stereocenters. The maximum Gasteiger partial charge on any atom is 0.353 e. The summed E-state index contributed by atoms with van der Waals surface area (Å²) < 4.78 is 8.30. The average Bonchev–Trinajstić information content (AvgIpc) is 3.49. The molecule has 0 unspecified atom stereocenters. The molecule has 2 heterocycles. The van der Waals surface area contributed by atoms with Crippen LogP contribution in [-0.4, -0.2) is 33.4 Å². The van der Waals surface area contributed by atoms with Gasteiger partial charge in [0.2, 0.25) is 0 Å². The summed E-state index contributed by atoms with van der Waals surface area (Å²) in [6.07, 6.45) is 1.30. The van der Waals surface area contributed by atoms with E-state index in [0.29, 0.717) is 27.6 Å². The van der Waals surface area contributed by atoms with E-state index < -0.39 is 23.3 Å². The normalized spacial score (nSPS) is 10.8. The summed E-state index contributed by atoms with van der Waals surface area (Å²) in [5.74, 6) is -2.28. The number of anilines is 1. The number of rotatable bonds is 6. The smallest absolute Gasteiger partial charge is 0.353 e. The molecule has 0 saturated heterocycles. The van der Waals surface area contributed by atoms with E-state index in [1.807, 2.05) is 6.07 Å². The fraction of sp³-hybridized carbons (Fsp3) is 0.0800. The van der Waals surface area contributed by atoms with Gasteiger partial charge in [-0.2, -0.15) is 5.10 Å². The number of aromatic nitrogens is 2. The number of carbonyl (C=O) groups excluding carboxylic acids is 3. The van der Waals surface area contributed by atoms with Crippen LogP contribution in [0.5, 0.6) is 5.75 Å². The van der Waals surface area contributed by atoms with E-state index in [0.717, 1.165) is 0 Å². The number of esters is 1. The lowest BCUT2D eigenvalue weighted by molar-refractivity contribution is -0.136. The van der Waals surface area contributed by atoms with Crippen molar-refractivity contribution in [3.8, 4) is 11.4 Å². The summed E-state index contributed by atoms with van der Waals surface area (Å²) in [6, 6.07) is 18.8. The van der Waals surface area contributed by atoms with E-state index in [2.05, 4.69) is 15.8 Å². The van der Waals surface area contributed by atoms with Gasteiger partial charge in [-0.05, 0) is 48.2 Å². The Bertz CT molecular complexity index is 1500. The zero-order chi connectivity index (χ0) is 25.7. The van der Waals surface area contributed by atoms with Crippen molar-refractivity contribution in [2.75, 3.05) is 5.32 Å². The summed E-state index contributed by atoms with van der Waals surface area (Å²) in [4.78, 5) is 50.1. The molecule has 0 saturated carbocycles. The maximum atomic E-state index is 12.9. The molecule has 4 aromatic rings. The van der Waals surface area contributed by atoms with Gasteiger partial charge in [0, 0.05) is 7.05 Å². The van der Waals surface area contributed by atoms with Gasteiger partial charge in [-0.3, -0.25) is 19.1 Å². The Hall–Kier alpha value is -4.77. The van der Waals surface area contributed by atoms with Gasteiger partial charge in [0.05, 0.1) is 17.6 Å². The number of hydrazone groups is 1. The highest BCUT2D eigenvalue weighted by Gasteiger charge is 2.21. The van der Waals surface area contributed by atoms with Crippen LogP contribution in [-0.2, 0) is 16.6 Å². The van der Waals surface area contributed by atoms with Crippen LogP contribution in [0.4, 0.5) is 5.69 Å². The minimum absolute atomic E-state index is 0.00857. The maximum absolute atomic E-state index is 12.9. The number of ether oxygens (including phenoxy) is 1. The summed E-state index contributed by atoms with van der Waals surface area (Å²) in [7, 11) is 1.68. The Kier molecular flexibility index (Phi) is 7.21. The van der Waals surface area contributed by atoms with Gasteiger partial charge >= 0.3 is 17.8 Å². The number of hydrogen-bond acceptors (Lipinski definition) is 7. The Morgan fingerprint density at radius 1 is 1.00 bits per heavy atom. The molecule has 2 aromatic carbocycles. The van der Waals surface area contributed by atoms with Crippen LogP contribution in [0, 0.1) is 6.92 Å². The van der Waals surface area contributed by atoms with Gasteiger partial charge in [-0.15, -0.1) is 11.3 Å². The molecule has 182 valence electrons. The van der Waals surface area contributed by atoms with E-state index in [1.54, 1.807) is 84.7 Å². The SMILES string of the molecule is Cc1c(NC(=O)C(=O)NN=Cc2cccc(OC(=O)c3cccs3)c2)c(=O)n(-c2ccccc2)n1C. The van der Waals surface area contributed by atoms with Crippen molar-refractivity contribution in [2.24, 2.45) is 12.1 Å². The van der Waals surface area contributed by atoms with Crippen LogP contribution in [0.25, 0.3) is 5.69 Å². The lowest BCUT2D eigenvalue weighted by Crippen LogP contribution is -2.34. The van der Waals surface area contributed by atoms with Crippen LogP contribution >= 0.6 is 11.3 Å². The molecule has 4 rings (SSSR count). The minimum atomic E-state index is -1.06. The van der Waals surface area contributed by atoms with Crippen LogP contribution in [0.3, 0.4) is 0 Å². The molecule has 2 amide bonds. The van der Waals surface area contributed by atoms with Crippen molar-refractivity contribution in [1.29, 1.82) is 0 Å². The fourth-order valence-electron chi connectivity index (χ4n) is 3.31. The molecule has 0 aliphatic heterocycles. The van der Waals surface area contributed by atoms with Crippen LogP contribution in [0.1, 0.15) is 20.9 Å². The first kappa shape index (κ1) is 24.4. The molecule has 0 aliphatic rings. The number of benzene rings is 2. The van der Waals surface area contributed by atoms with Gasteiger partial charge in [0.15, 0.2) is 0 Å². The van der Waals surface area contributed by atoms with Crippen LogP contribution in [0.15, 0.2) is 82.0 Å². The minimum Gasteiger partial charge on any atom is -0.422 e. The first-order valence-electron chi connectivity index (χ1n) is 10.7. The summed E-state index contributed by atoms with van der Waals surface area (Å²) in [5, 5.41) is 7.92. The molecule has 0 radical (unpaired) electrons. The predicted octanol–water partition coefficient (Wildman–Crippen LogP) is 2.85. The third kappa shape index (κ3) is 5.31. The van der Waals surface area contributed by atoms with Gasteiger partial charge < -0.3 is 10.1 Å². The topological polar surface area (TPSA) is 124 Å². The third-order valence-corrected chi connectivity index (χ3v) is 6.02. The van der Waals surface area contributed by atoms with E-state index in [-0.39, 0.29) is 5.69 Å². The second-order valence-electron chi connectivity index (χ2n) is 7.53. The number of carbonyl (C=O) groups is 3. The van der Waals surface area contributed by atoms with Crippen molar-refractivity contribution in [2.45, 2.75) is 6.92 Å². The molecule has 0 fully saturated rings. The average molecular weight is 504 g/mol. The molecule has 0 bridgehead atoms. The van der Waals surface area contributed by atoms with Gasteiger partial charge in [0.1, 0.15) is 16.3 Å². The molecular weight excluding hydrogens is 482 g/mol. The predicted molar refractivity (Wildman–Crippen MR) is 136 cm³/mol. The summed E-state index contributed by atoms with van der Waals surface area (Å²) in [5.41, 5.74) is 3.26. The van der Waals surface area contributed by atoms with Crippen molar-refractivity contribution >= 4 is 41.0 Å². The van der Waals surface area contributed by atoms with Crippen LogP contribution < -0.4 is 21.0 Å². The zero-order valence-corrected chi connectivity index (χ0v) is 20.1. The molecule has 0 spiro atoms. The van der Waals surface area contributed by atoms with Gasteiger partial charge in [0.25, 0.3) is 5.56 Å². The van der Waals surface area contributed by atoms with E-state index in [4.69, 9.17) is 4.74 Å². The van der Waals surface area contributed by atoms with Crippen molar-refractivity contribution in [3.05, 3.63) is 98.6 Å². The first-order chi connectivity index (χ1) is 17.3. The standard InChI is InChI=1S/C25H21N5O5S/c1-16-21(24(33)30(29(16)2)18-9-4-3-5-10-18)27-22(31)23(32)28-26-15-17-8-6-11-19(14-17)35-25(34)20-12-7-13-36-20/h3-15H,1-2H3,(H,27,31)(H,28,32). The number of hydrogen-bond donors (Lipinski definition) is 2. The highest BCUT2D eigenvalue weighted by atomic mass is 32.1. The van der Waals surface area contributed by atoms with Gasteiger partial charge in [-0.25, -0.2) is 14.9 Å². The van der Waals surface area contributed by atoms with Crippen molar-refractivity contribution in [3.63, 3.8) is 0 Å². The zero-order valence-electron chi connectivity index (χ0n) is 19.3. The van der Waals surface area contributed by atoms with Gasteiger partial charge in [-0.1, -0.05) is 36.4 Å². The molecular formula is C25H21N5O5S. The lowest BCUT2D eigenvalue weighted by Gasteiger charge is -2.07. The number of nitrogens with zero attached hydrogens (tertiary/aromatic N) is 3. The fourth-order valence-corrected chi connectivity index (χ4v) is 3.91. The number of para-hydroxylation sites is 1. The van der Waals surface area contributed by atoms with E-state index >= 15 is 0 Å². The van der Waals surface area contributed by atoms with E-state index in [9.17, 15) is 19.2 Å². The largest absolute Gasteiger partial charge is 0.422 e. The van der Waals surface area contributed by atoms with Crippen molar-refractivity contribution < 1.29 is 19.1 Å². The Morgan fingerprint density at radius 2 is 1.78 bits per heavy atom. The third-order valence-electron chi connectivity index (χ3n) is 5.17. The molecule has 2 aromatic heterocycles. The van der Waals surface area contributed by atoms with Crippen molar-refractivity contribution in [1.82, 2.24) is 14.8 Å². The Labute approximate surface area is 209 Å². The molecule has 2 N–H and O–H groups in total. The number of thiophene rings is 1. The first-order valence-corrected chi connectivity index (χ1v) is 11.6. The monoisotopic (exact) mass is 503 g/mol. The number of amides is 2. The summed E-state index contributed by atoms with van der Waals surface area (Å²) >= 11 is 1.27. The summed E-state index contributed by atoms with van der Waals surface area (Å²) in [6.45, 7) is 1.66. The lowest BCUT2D eigenvalue weighted by atomic mass is 10.2. The second-order valence-corrected chi connectivity index (χ2v) is 8.48. The Balaban J connectivity index is 1.39. The van der Waals surface area contributed by atoms with Crippen LogP contribution in [0.2, 0.25) is 0 Å². The van der Waals surface area contributed by atoms with E-state index in [1.165, 1.54) is 22.2 Å². The molecule has 10 nitrogen and oxygen atoms in total.